The first-order valence-electron chi connectivity index (χ1n) is 7.45. The van der Waals surface area contributed by atoms with Crippen molar-refractivity contribution in [2.45, 2.75) is 17.4 Å². The molecule has 0 bridgehead atoms. The van der Waals surface area contributed by atoms with E-state index >= 15 is 0 Å². The number of nitrogens with one attached hydrogen (secondary N) is 1. The lowest BCUT2D eigenvalue weighted by molar-refractivity contribution is -0.138. The lowest BCUT2D eigenvalue weighted by Crippen LogP contribution is -2.42. The van der Waals surface area contributed by atoms with Gasteiger partial charge in [-0.25, -0.2) is 13.2 Å². The highest BCUT2D eigenvalue weighted by Gasteiger charge is 2.27. The first-order valence-corrected chi connectivity index (χ1v) is 8.93. The van der Waals surface area contributed by atoms with Crippen LogP contribution in [-0.4, -0.2) is 43.7 Å². The Morgan fingerprint density at radius 1 is 1.12 bits per heavy atom. The van der Waals surface area contributed by atoms with Gasteiger partial charge in [0.15, 0.2) is 0 Å². The summed E-state index contributed by atoms with van der Waals surface area (Å²) in [6.07, 6.45) is -0.0582. The minimum absolute atomic E-state index is 0.00415. The van der Waals surface area contributed by atoms with Gasteiger partial charge < -0.3 is 14.9 Å². The fourth-order valence-electron chi connectivity index (χ4n) is 2.31. The van der Waals surface area contributed by atoms with Crippen molar-refractivity contribution >= 4 is 22.0 Å². The lowest BCUT2D eigenvalue weighted by Gasteiger charge is -2.15. The van der Waals surface area contributed by atoms with E-state index in [4.69, 9.17) is 9.84 Å². The number of sulfonamides is 1. The molecule has 0 fully saturated rings. The molecular weight excluding hydrogens is 362 g/mol. The van der Waals surface area contributed by atoms with E-state index in [1.165, 1.54) is 13.2 Å². The number of rotatable bonds is 8. The zero-order valence-corrected chi connectivity index (χ0v) is 14.6. The van der Waals surface area contributed by atoms with Gasteiger partial charge in [-0.2, -0.15) is 4.72 Å². The molecule has 0 heterocycles. The molecule has 8 nitrogen and oxygen atoms in total. The Bertz CT molecular complexity index is 910. The van der Waals surface area contributed by atoms with E-state index in [-0.39, 0.29) is 22.6 Å². The molecule has 0 radical (unpaired) electrons. The van der Waals surface area contributed by atoms with E-state index in [2.05, 4.69) is 4.72 Å². The molecule has 0 aliphatic heterocycles. The van der Waals surface area contributed by atoms with Gasteiger partial charge in [-0.1, -0.05) is 30.3 Å². The topological polar surface area (TPSA) is 130 Å². The second-order valence-electron chi connectivity index (χ2n) is 5.37. The van der Waals surface area contributed by atoms with E-state index in [9.17, 15) is 23.1 Å². The van der Waals surface area contributed by atoms with Crippen LogP contribution in [0.5, 0.6) is 5.75 Å². The quantitative estimate of drug-likeness (QED) is 0.631. The van der Waals surface area contributed by atoms with Crippen molar-refractivity contribution in [3.63, 3.8) is 0 Å². The Balaban J connectivity index is 2.32. The smallest absolute Gasteiger partial charge is 0.339 e. The zero-order valence-electron chi connectivity index (χ0n) is 13.7. The van der Waals surface area contributed by atoms with Crippen LogP contribution in [0.1, 0.15) is 15.9 Å². The molecule has 2 aromatic carbocycles. The minimum Gasteiger partial charge on any atom is -0.496 e. The summed E-state index contributed by atoms with van der Waals surface area (Å²) < 4.78 is 32.0. The summed E-state index contributed by atoms with van der Waals surface area (Å²) >= 11 is 0. The van der Waals surface area contributed by atoms with Gasteiger partial charge >= 0.3 is 11.9 Å². The molecular formula is C17H17NO7S. The fraction of sp³-hybridized carbons (Fsp3) is 0.176. The van der Waals surface area contributed by atoms with Gasteiger partial charge in [0.25, 0.3) is 0 Å². The van der Waals surface area contributed by atoms with Gasteiger partial charge in [-0.15, -0.1) is 0 Å². The predicted molar refractivity (Wildman–Crippen MR) is 91.8 cm³/mol. The van der Waals surface area contributed by atoms with Gasteiger partial charge in [-0.3, -0.25) is 4.79 Å². The second-order valence-corrected chi connectivity index (χ2v) is 7.08. The summed E-state index contributed by atoms with van der Waals surface area (Å²) in [6.45, 7) is 0. The SMILES string of the molecule is COc1ccc(S(=O)(=O)NC(Cc2ccccc2)C(=O)O)cc1C(=O)O. The van der Waals surface area contributed by atoms with E-state index in [0.717, 1.165) is 12.1 Å². The van der Waals surface area contributed by atoms with Crippen LogP contribution in [0.25, 0.3) is 0 Å². The van der Waals surface area contributed by atoms with Crippen LogP contribution in [0.15, 0.2) is 53.4 Å². The first-order chi connectivity index (χ1) is 12.2. The van der Waals surface area contributed by atoms with Crippen molar-refractivity contribution in [3.8, 4) is 5.75 Å². The number of hydrogen-bond donors (Lipinski definition) is 3. The lowest BCUT2D eigenvalue weighted by atomic mass is 10.1. The fourth-order valence-corrected chi connectivity index (χ4v) is 3.52. The number of hydrogen-bond acceptors (Lipinski definition) is 5. The van der Waals surface area contributed by atoms with Crippen molar-refractivity contribution in [1.82, 2.24) is 4.72 Å². The molecule has 0 aliphatic carbocycles. The number of benzene rings is 2. The largest absolute Gasteiger partial charge is 0.496 e. The second kappa shape index (κ2) is 7.98. The van der Waals surface area contributed by atoms with Crippen molar-refractivity contribution < 1.29 is 33.0 Å². The Kier molecular flexibility index (Phi) is 5.96. The molecule has 0 saturated carbocycles. The van der Waals surface area contributed by atoms with Crippen LogP contribution in [0.4, 0.5) is 0 Å². The number of aromatic carboxylic acids is 1. The maximum Gasteiger partial charge on any atom is 0.339 e. The van der Waals surface area contributed by atoms with Crippen LogP contribution in [-0.2, 0) is 21.2 Å². The van der Waals surface area contributed by atoms with Crippen molar-refractivity contribution in [2.24, 2.45) is 0 Å². The summed E-state index contributed by atoms with van der Waals surface area (Å²) in [7, 11) is -3.00. The normalized spacial score (nSPS) is 12.3. The highest BCUT2D eigenvalue weighted by molar-refractivity contribution is 7.89. The highest BCUT2D eigenvalue weighted by Crippen LogP contribution is 2.22. The number of carboxylic acids is 2. The summed E-state index contributed by atoms with van der Waals surface area (Å²) in [6, 6.07) is 10.4. The third-order valence-electron chi connectivity index (χ3n) is 3.59. The molecule has 9 heteroatoms. The molecule has 0 spiro atoms. The number of aliphatic carboxylic acids is 1. The summed E-state index contributed by atoms with van der Waals surface area (Å²) in [4.78, 5) is 22.3. The maximum absolute atomic E-state index is 12.5. The molecule has 2 aromatic rings. The molecule has 0 aromatic heterocycles. The Morgan fingerprint density at radius 2 is 1.77 bits per heavy atom. The minimum atomic E-state index is -4.26. The van der Waals surface area contributed by atoms with Gasteiger partial charge in [-0.05, 0) is 30.2 Å². The van der Waals surface area contributed by atoms with Crippen LogP contribution >= 0.6 is 0 Å². The maximum atomic E-state index is 12.5. The molecule has 1 unspecified atom stereocenters. The van der Waals surface area contributed by atoms with Crippen LogP contribution in [0.3, 0.4) is 0 Å². The average molecular weight is 379 g/mol. The Morgan fingerprint density at radius 3 is 2.31 bits per heavy atom. The predicted octanol–water partition coefficient (Wildman–Crippen LogP) is 1.37. The number of methoxy groups -OCH3 is 1. The van der Waals surface area contributed by atoms with E-state index in [0.29, 0.717) is 5.56 Å². The first kappa shape index (κ1) is 19.4. The van der Waals surface area contributed by atoms with Gasteiger partial charge in [0, 0.05) is 0 Å². The van der Waals surface area contributed by atoms with Gasteiger partial charge in [0.05, 0.1) is 12.0 Å². The van der Waals surface area contributed by atoms with Crippen molar-refractivity contribution in [2.75, 3.05) is 7.11 Å². The van der Waals surface area contributed by atoms with Crippen LogP contribution < -0.4 is 9.46 Å². The molecule has 1 atom stereocenters. The average Bonchev–Trinajstić information content (AvgIpc) is 2.61. The zero-order chi connectivity index (χ0) is 19.3. The molecule has 0 aliphatic rings. The summed E-state index contributed by atoms with van der Waals surface area (Å²) in [5.74, 6) is -2.71. The van der Waals surface area contributed by atoms with E-state index in [1.54, 1.807) is 30.3 Å². The molecule has 2 rings (SSSR count). The third kappa shape index (κ3) is 4.58. The third-order valence-corrected chi connectivity index (χ3v) is 5.06. The van der Waals surface area contributed by atoms with E-state index in [1.807, 2.05) is 0 Å². The highest BCUT2D eigenvalue weighted by atomic mass is 32.2. The number of ether oxygens (including phenoxy) is 1. The number of carbonyl (C=O) groups is 2. The van der Waals surface area contributed by atoms with Gasteiger partial charge in [0.2, 0.25) is 10.0 Å². The van der Waals surface area contributed by atoms with Gasteiger partial charge in [0.1, 0.15) is 17.4 Å². The van der Waals surface area contributed by atoms with Crippen molar-refractivity contribution in [1.29, 1.82) is 0 Å². The Labute approximate surface area is 150 Å². The Hall–Kier alpha value is -2.91. The molecule has 26 heavy (non-hydrogen) atoms. The molecule has 3 N–H and O–H groups in total. The van der Waals surface area contributed by atoms with Crippen LogP contribution in [0.2, 0.25) is 0 Å². The number of carboxylic acid groups (broad SMARTS) is 2. The van der Waals surface area contributed by atoms with Crippen LogP contribution in [0, 0.1) is 0 Å². The molecule has 0 amide bonds. The monoisotopic (exact) mass is 379 g/mol. The summed E-state index contributed by atoms with van der Waals surface area (Å²) in [5.41, 5.74) is 0.300. The molecule has 0 saturated heterocycles. The standard InChI is InChI=1S/C17H17NO7S/c1-25-15-8-7-12(10-13(15)16(19)20)26(23,24)18-14(17(21)22)9-11-5-3-2-4-6-11/h2-8,10,14,18H,9H2,1H3,(H,19,20)(H,21,22). The molecule has 138 valence electrons. The van der Waals surface area contributed by atoms with Crippen molar-refractivity contribution in [3.05, 3.63) is 59.7 Å². The van der Waals surface area contributed by atoms with E-state index < -0.39 is 28.0 Å². The summed E-state index contributed by atoms with van der Waals surface area (Å²) in [5, 5.41) is 18.5.